The summed E-state index contributed by atoms with van der Waals surface area (Å²) in [6.45, 7) is 6.45. The number of hydrogen-bond donors (Lipinski definition) is 0. The highest BCUT2D eigenvalue weighted by Crippen LogP contribution is 2.26. The van der Waals surface area contributed by atoms with E-state index in [1.165, 1.54) is 0 Å². The van der Waals surface area contributed by atoms with Crippen LogP contribution in [0.1, 0.15) is 20.8 Å². The quantitative estimate of drug-likeness (QED) is 0.447. The zero-order chi connectivity index (χ0) is 5.44. The Kier molecular flexibility index (Phi) is 1.08. The zero-order valence-corrected chi connectivity index (χ0v) is 5.14. The highest BCUT2D eigenvalue weighted by molar-refractivity contribution is 4.77. The molecule has 0 amide bonds. The minimum atomic E-state index is 0.509. The predicted octanol–water partition coefficient (Wildman–Crippen LogP) is 1.43. The summed E-state index contributed by atoms with van der Waals surface area (Å²) in [5, 5.41) is 0. The van der Waals surface area contributed by atoms with Crippen molar-refractivity contribution in [3.63, 3.8) is 0 Å². The Morgan fingerprint density at radius 1 is 1.00 bits per heavy atom. The summed E-state index contributed by atoms with van der Waals surface area (Å²) in [7, 11) is 0. The molecular weight excluding hydrogens is 88.1 g/mol. The van der Waals surface area contributed by atoms with E-state index in [4.69, 9.17) is 4.74 Å². The van der Waals surface area contributed by atoms with Crippen molar-refractivity contribution in [1.82, 2.24) is 0 Å². The second-order valence-electron chi connectivity index (χ2n) is 2.41. The van der Waals surface area contributed by atoms with Crippen LogP contribution in [0.3, 0.4) is 0 Å². The summed E-state index contributed by atoms with van der Waals surface area (Å²) >= 11 is 0. The Balaban J connectivity index is 2.29. The van der Waals surface area contributed by atoms with Gasteiger partial charge in [-0.15, -0.1) is 0 Å². The Bertz CT molecular complexity index is 62.6. The molecule has 0 aromatic carbocycles. The van der Waals surface area contributed by atoms with Crippen LogP contribution in [-0.4, -0.2) is 12.2 Å². The molecule has 1 nitrogen and oxygen atoms in total. The first-order valence-electron chi connectivity index (χ1n) is 2.87. The van der Waals surface area contributed by atoms with Crippen LogP contribution in [0.2, 0.25) is 0 Å². The topological polar surface area (TPSA) is 9.23 Å². The lowest BCUT2D eigenvalue weighted by Crippen LogP contribution is -2.42. The van der Waals surface area contributed by atoms with Crippen LogP contribution in [0, 0.1) is 5.92 Å². The molecule has 1 heteroatoms. The Morgan fingerprint density at radius 3 is 1.43 bits per heavy atom. The fourth-order valence-electron chi connectivity index (χ4n) is 0.879. The van der Waals surface area contributed by atoms with Crippen LogP contribution in [0.5, 0.6) is 0 Å². The van der Waals surface area contributed by atoms with Gasteiger partial charge in [0.15, 0.2) is 0 Å². The second kappa shape index (κ2) is 1.48. The van der Waals surface area contributed by atoms with Crippen LogP contribution in [0.4, 0.5) is 0 Å². The second-order valence-corrected chi connectivity index (χ2v) is 2.41. The Hall–Kier alpha value is -0.0400. The van der Waals surface area contributed by atoms with E-state index in [-0.39, 0.29) is 0 Å². The van der Waals surface area contributed by atoms with Crippen molar-refractivity contribution in [2.45, 2.75) is 33.0 Å². The molecule has 0 N–H and O–H groups in total. The summed E-state index contributed by atoms with van der Waals surface area (Å²) in [4.78, 5) is 0. The standard InChI is InChI=1S/C6H12O/c1-4-5(2)7-6(4)3/h4-6H,1-3H3/t5-,6-/m0/s1. The van der Waals surface area contributed by atoms with E-state index in [0.29, 0.717) is 12.2 Å². The molecule has 1 heterocycles. The average molecular weight is 100 g/mol. The van der Waals surface area contributed by atoms with E-state index in [2.05, 4.69) is 20.8 Å². The van der Waals surface area contributed by atoms with Crippen molar-refractivity contribution < 1.29 is 4.74 Å². The molecule has 1 aliphatic rings. The van der Waals surface area contributed by atoms with Crippen molar-refractivity contribution in [3.05, 3.63) is 0 Å². The van der Waals surface area contributed by atoms with Gasteiger partial charge >= 0.3 is 0 Å². The van der Waals surface area contributed by atoms with E-state index in [1.807, 2.05) is 0 Å². The summed E-state index contributed by atoms with van der Waals surface area (Å²) in [5.74, 6) is 0.778. The van der Waals surface area contributed by atoms with E-state index < -0.39 is 0 Å². The van der Waals surface area contributed by atoms with E-state index in [9.17, 15) is 0 Å². The molecule has 2 atom stereocenters. The summed E-state index contributed by atoms with van der Waals surface area (Å²) < 4.78 is 5.25. The third kappa shape index (κ3) is 0.653. The smallest absolute Gasteiger partial charge is 0.0600 e. The van der Waals surface area contributed by atoms with Crippen molar-refractivity contribution in [3.8, 4) is 0 Å². The Labute approximate surface area is 44.7 Å². The van der Waals surface area contributed by atoms with Crippen LogP contribution in [0.25, 0.3) is 0 Å². The van der Waals surface area contributed by atoms with E-state index >= 15 is 0 Å². The molecule has 0 unspecified atom stereocenters. The average Bonchev–Trinajstić information content (AvgIpc) is 1.68. The molecule has 42 valence electrons. The van der Waals surface area contributed by atoms with Crippen molar-refractivity contribution in [2.75, 3.05) is 0 Å². The SMILES string of the molecule is CC1[C@H](C)O[C@H]1C. The van der Waals surface area contributed by atoms with Gasteiger partial charge in [0.2, 0.25) is 0 Å². The summed E-state index contributed by atoms with van der Waals surface area (Å²) in [5.41, 5.74) is 0. The lowest BCUT2D eigenvalue weighted by Gasteiger charge is -2.38. The van der Waals surface area contributed by atoms with Gasteiger partial charge in [0, 0.05) is 5.92 Å². The van der Waals surface area contributed by atoms with Crippen molar-refractivity contribution in [1.29, 1.82) is 0 Å². The van der Waals surface area contributed by atoms with Gasteiger partial charge in [-0.3, -0.25) is 0 Å². The fraction of sp³-hybridized carbons (Fsp3) is 1.00. The maximum atomic E-state index is 5.25. The third-order valence-electron chi connectivity index (χ3n) is 1.91. The van der Waals surface area contributed by atoms with Gasteiger partial charge in [0.05, 0.1) is 12.2 Å². The van der Waals surface area contributed by atoms with Crippen molar-refractivity contribution >= 4 is 0 Å². The van der Waals surface area contributed by atoms with Crippen LogP contribution in [-0.2, 0) is 4.74 Å². The molecule has 1 fully saturated rings. The highest BCUT2D eigenvalue weighted by Gasteiger charge is 2.31. The van der Waals surface area contributed by atoms with Crippen LogP contribution < -0.4 is 0 Å². The normalized spacial score (nSPS) is 43.3. The maximum absolute atomic E-state index is 5.25. The fourth-order valence-corrected chi connectivity index (χ4v) is 0.879. The molecular formula is C6H12O. The van der Waals surface area contributed by atoms with E-state index in [1.54, 1.807) is 0 Å². The molecule has 7 heavy (non-hydrogen) atoms. The molecule has 0 spiro atoms. The van der Waals surface area contributed by atoms with Gasteiger partial charge in [-0.1, -0.05) is 6.92 Å². The number of hydrogen-bond acceptors (Lipinski definition) is 1. The monoisotopic (exact) mass is 100 g/mol. The molecule has 1 saturated heterocycles. The minimum absolute atomic E-state index is 0.509. The maximum Gasteiger partial charge on any atom is 0.0600 e. The lowest BCUT2D eigenvalue weighted by molar-refractivity contribution is -0.156. The van der Waals surface area contributed by atoms with Gasteiger partial charge in [0.25, 0.3) is 0 Å². The first kappa shape index (κ1) is 5.10. The third-order valence-corrected chi connectivity index (χ3v) is 1.91. The van der Waals surface area contributed by atoms with Crippen LogP contribution >= 0.6 is 0 Å². The largest absolute Gasteiger partial charge is 0.375 e. The van der Waals surface area contributed by atoms with Gasteiger partial charge in [-0.25, -0.2) is 0 Å². The number of ether oxygens (including phenoxy) is 1. The van der Waals surface area contributed by atoms with Gasteiger partial charge in [-0.05, 0) is 13.8 Å². The van der Waals surface area contributed by atoms with Gasteiger partial charge in [0.1, 0.15) is 0 Å². The molecule has 0 aromatic heterocycles. The van der Waals surface area contributed by atoms with Gasteiger partial charge in [-0.2, -0.15) is 0 Å². The summed E-state index contributed by atoms with van der Waals surface area (Å²) in [6, 6.07) is 0. The predicted molar refractivity (Wildman–Crippen MR) is 29.2 cm³/mol. The zero-order valence-electron chi connectivity index (χ0n) is 5.14. The van der Waals surface area contributed by atoms with Crippen LogP contribution in [0.15, 0.2) is 0 Å². The lowest BCUT2D eigenvalue weighted by atomic mass is 9.94. The first-order chi connectivity index (χ1) is 3.22. The minimum Gasteiger partial charge on any atom is -0.375 e. The molecule has 0 radical (unpaired) electrons. The molecule has 0 bridgehead atoms. The highest BCUT2D eigenvalue weighted by atomic mass is 16.5. The summed E-state index contributed by atoms with van der Waals surface area (Å²) in [6.07, 6.45) is 1.02. The molecule has 1 rings (SSSR count). The Morgan fingerprint density at radius 2 is 1.43 bits per heavy atom. The van der Waals surface area contributed by atoms with E-state index in [0.717, 1.165) is 5.92 Å². The molecule has 0 saturated carbocycles. The number of rotatable bonds is 0. The first-order valence-corrected chi connectivity index (χ1v) is 2.87. The molecule has 1 aliphatic heterocycles. The van der Waals surface area contributed by atoms with Crippen molar-refractivity contribution in [2.24, 2.45) is 5.92 Å². The molecule has 0 aliphatic carbocycles. The van der Waals surface area contributed by atoms with Gasteiger partial charge < -0.3 is 4.74 Å². The molecule has 0 aromatic rings.